The molecule has 0 radical (unpaired) electrons. The highest BCUT2D eigenvalue weighted by Gasteiger charge is 2.26. The molecule has 0 unspecified atom stereocenters. The van der Waals surface area contributed by atoms with Crippen LogP contribution in [0.1, 0.15) is 40.2 Å². The standard InChI is InChI=1S/C20H27N3O2S/c1-13(2)23-19(25)16-7-5-6-8-17(16)21-20(23)26-12-18(24)22-10-14(3)9-15(4)11-22/h5-8,13-15H,9-12H2,1-4H3/t14-,15-/m1/s1. The van der Waals surface area contributed by atoms with Crippen molar-refractivity contribution >= 4 is 28.6 Å². The first kappa shape index (κ1) is 19.0. The quantitative estimate of drug-likeness (QED) is 0.607. The Labute approximate surface area is 158 Å². The molecule has 1 aliphatic heterocycles. The third kappa shape index (κ3) is 3.95. The van der Waals surface area contributed by atoms with Crippen LogP contribution in [0.3, 0.4) is 0 Å². The number of para-hydroxylation sites is 1. The first-order chi connectivity index (χ1) is 12.4. The number of carbonyl (C=O) groups excluding carboxylic acids is 1. The second-order valence-electron chi connectivity index (χ2n) is 7.71. The molecule has 2 heterocycles. The van der Waals surface area contributed by atoms with E-state index in [1.807, 2.05) is 36.9 Å². The summed E-state index contributed by atoms with van der Waals surface area (Å²) in [6.07, 6.45) is 1.18. The van der Waals surface area contributed by atoms with Crippen LogP contribution < -0.4 is 5.56 Å². The molecule has 1 aliphatic rings. The molecule has 0 aliphatic carbocycles. The lowest BCUT2D eigenvalue weighted by atomic mass is 9.92. The summed E-state index contributed by atoms with van der Waals surface area (Å²) < 4.78 is 1.70. The predicted molar refractivity (Wildman–Crippen MR) is 107 cm³/mol. The number of hydrogen-bond acceptors (Lipinski definition) is 4. The third-order valence-corrected chi connectivity index (χ3v) is 5.78. The van der Waals surface area contributed by atoms with Gasteiger partial charge in [-0.15, -0.1) is 0 Å². The van der Waals surface area contributed by atoms with Crippen LogP contribution in [-0.2, 0) is 4.79 Å². The van der Waals surface area contributed by atoms with Crippen LogP contribution in [0.4, 0.5) is 0 Å². The summed E-state index contributed by atoms with van der Waals surface area (Å²) in [6, 6.07) is 7.38. The van der Waals surface area contributed by atoms with Crippen molar-refractivity contribution in [1.29, 1.82) is 0 Å². The van der Waals surface area contributed by atoms with Gasteiger partial charge in [-0.05, 0) is 44.2 Å². The first-order valence-corrected chi connectivity index (χ1v) is 10.3. The number of carbonyl (C=O) groups is 1. The number of rotatable bonds is 4. The molecule has 1 aromatic heterocycles. The van der Waals surface area contributed by atoms with Crippen molar-refractivity contribution in [3.8, 4) is 0 Å². The van der Waals surface area contributed by atoms with E-state index in [2.05, 4.69) is 18.8 Å². The average Bonchev–Trinajstić information content (AvgIpc) is 2.58. The normalized spacial score (nSPS) is 20.7. The summed E-state index contributed by atoms with van der Waals surface area (Å²) in [5.41, 5.74) is 0.644. The number of nitrogens with zero attached hydrogens (tertiary/aromatic N) is 3. The van der Waals surface area contributed by atoms with E-state index in [1.54, 1.807) is 10.6 Å². The van der Waals surface area contributed by atoms with Crippen molar-refractivity contribution < 1.29 is 4.79 Å². The predicted octanol–water partition coefficient (Wildman–Crippen LogP) is 3.57. The maximum atomic E-state index is 12.8. The number of amides is 1. The average molecular weight is 374 g/mol. The highest BCUT2D eigenvalue weighted by Crippen LogP contribution is 2.24. The molecule has 2 atom stereocenters. The van der Waals surface area contributed by atoms with Crippen molar-refractivity contribution in [2.75, 3.05) is 18.8 Å². The second kappa shape index (κ2) is 7.82. The van der Waals surface area contributed by atoms with E-state index < -0.39 is 0 Å². The molecule has 1 aromatic carbocycles. The molecule has 1 saturated heterocycles. The molecule has 26 heavy (non-hydrogen) atoms. The summed E-state index contributed by atoms with van der Waals surface area (Å²) in [4.78, 5) is 32.1. The Morgan fingerprint density at radius 2 is 1.88 bits per heavy atom. The van der Waals surface area contributed by atoms with E-state index in [-0.39, 0.29) is 17.5 Å². The molecule has 2 aromatic rings. The fraction of sp³-hybridized carbons (Fsp3) is 0.550. The molecule has 6 heteroatoms. The van der Waals surface area contributed by atoms with E-state index >= 15 is 0 Å². The smallest absolute Gasteiger partial charge is 0.262 e. The summed E-state index contributed by atoms with van der Waals surface area (Å²) in [5, 5.41) is 1.24. The van der Waals surface area contributed by atoms with E-state index in [1.165, 1.54) is 18.2 Å². The number of piperidine rings is 1. The fourth-order valence-electron chi connectivity index (χ4n) is 3.77. The van der Waals surface area contributed by atoms with Crippen LogP contribution in [-0.4, -0.2) is 39.2 Å². The van der Waals surface area contributed by atoms with Crippen LogP contribution in [0.15, 0.2) is 34.2 Å². The zero-order valence-electron chi connectivity index (χ0n) is 15.9. The Bertz CT molecular complexity index is 852. The Balaban J connectivity index is 1.83. The molecule has 0 spiro atoms. The summed E-state index contributed by atoms with van der Waals surface area (Å²) in [5.74, 6) is 1.53. The van der Waals surface area contributed by atoms with Gasteiger partial charge in [-0.3, -0.25) is 14.2 Å². The van der Waals surface area contributed by atoms with Gasteiger partial charge in [0, 0.05) is 19.1 Å². The number of thioether (sulfide) groups is 1. The van der Waals surface area contributed by atoms with Gasteiger partial charge in [-0.25, -0.2) is 4.98 Å². The van der Waals surface area contributed by atoms with Crippen molar-refractivity contribution in [3.05, 3.63) is 34.6 Å². The molecule has 0 N–H and O–H groups in total. The zero-order chi connectivity index (χ0) is 18.8. The summed E-state index contributed by atoms with van der Waals surface area (Å²) in [7, 11) is 0. The topological polar surface area (TPSA) is 55.2 Å². The van der Waals surface area contributed by atoms with Gasteiger partial charge in [0.25, 0.3) is 5.56 Å². The highest BCUT2D eigenvalue weighted by atomic mass is 32.2. The van der Waals surface area contributed by atoms with Gasteiger partial charge in [-0.1, -0.05) is 37.7 Å². The van der Waals surface area contributed by atoms with Crippen LogP contribution >= 0.6 is 11.8 Å². The molecule has 5 nitrogen and oxygen atoms in total. The highest BCUT2D eigenvalue weighted by molar-refractivity contribution is 7.99. The number of likely N-dealkylation sites (tertiary alicyclic amines) is 1. The molecule has 3 rings (SSSR count). The SMILES string of the molecule is CC(C)n1c(SCC(=O)N2C[C@H](C)C[C@@H](C)C2)nc2ccccc2c1=O. The Hall–Kier alpha value is -1.82. The monoisotopic (exact) mass is 373 g/mol. The lowest BCUT2D eigenvalue weighted by Gasteiger charge is -2.35. The van der Waals surface area contributed by atoms with Gasteiger partial charge in [0.1, 0.15) is 0 Å². The molecule has 1 amide bonds. The fourth-order valence-corrected chi connectivity index (χ4v) is 4.80. The van der Waals surface area contributed by atoms with Crippen molar-refractivity contribution in [3.63, 3.8) is 0 Å². The number of aromatic nitrogens is 2. The first-order valence-electron chi connectivity index (χ1n) is 9.28. The maximum absolute atomic E-state index is 12.8. The van der Waals surface area contributed by atoms with Crippen molar-refractivity contribution in [1.82, 2.24) is 14.5 Å². The lowest BCUT2D eigenvalue weighted by molar-refractivity contribution is -0.130. The molecule has 1 fully saturated rings. The molecule has 140 valence electrons. The van der Waals surface area contributed by atoms with Gasteiger partial charge < -0.3 is 4.90 Å². The van der Waals surface area contributed by atoms with Crippen LogP contribution in [0, 0.1) is 11.8 Å². The Kier molecular flexibility index (Phi) is 5.70. The lowest BCUT2D eigenvalue weighted by Crippen LogP contribution is -2.43. The second-order valence-corrected chi connectivity index (χ2v) is 8.66. The van der Waals surface area contributed by atoms with Gasteiger partial charge in [-0.2, -0.15) is 0 Å². The minimum Gasteiger partial charge on any atom is -0.341 e. The number of hydrogen-bond donors (Lipinski definition) is 0. The minimum absolute atomic E-state index is 0.00719. The summed E-state index contributed by atoms with van der Waals surface area (Å²) >= 11 is 1.37. The van der Waals surface area contributed by atoms with Crippen LogP contribution in [0.2, 0.25) is 0 Å². The Morgan fingerprint density at radius 3 is 2.54 bits per heavy atom. The van der Waals surface area contributed by atoms with Crippen molar-refractivity contribution in [2.45, 2.75) is 45.3 Å². The van der Waals surface area contributed by atoms with Crippen LogP contribution in [0.5, 0.6) is 0 Å². The molecule has 0 bridgehead atoms. The van der Waals surface area contributed by atoms with Crippen molar-refractivity contribution in [2.24, 2.45) is 11.8 Å². The number of fused-ring (bicyclic) bond motifs is 1. The molecular formula is C20H27N3O2S. The van der Waals surface area contributed by atoms with Crippen LogP contribution in [0.25, 0.3) is 10.9 Å². The molecule has 0 saturated carbocycles. The van der Waals surface area contributed by atoms with E-state index in [0.717, 1.165) is 13.1 Å². The number of benzene rings is 1. The Morgan fingerprint density at radius 1 is 1.23 bits per heavy atom. The summed E-state index contributed by atoms with van der Waals surface area (Å²) in [6.45, 7) is 9.99. The minimum atomic E-state index is -0.0410. The van der Waals surface area contributed by atoms with Gasteiger partial charge in [0.05, 0.1) is 16.7 Å². The molecular weight excluding hydrogens is 346 g/mol. The largest absolute Gasteiger partial charge is 0.341 e. The zero-order valence-corrected chi connectivity index (χ0v) is 16.8. The maximum Gasteiger partial charge on any atom is 0.262 e. The van der Waals surface area contributed by atoms with Gasteiger partial charge >= 0.3 is 0 Å². The van der Waals surface area contributed by atoms with E-state index in [0.29, 0.717) is 33.6 Å². The van der Waals surface area contributed by atoms with E-state index in [4.69, 9.17) is 0 Å². The third-order valence-electron chi connectivity index (χ3n) is 4.84. The van der Waals surface area contributed by atoms with Gasteiger partial charge in [0.15, 0.2) is 5.16 Å². The van der Waals surface area contributed by atoms with Gasteiger partial charge in [0.2, 0.25) is 5.91 Å². The van der Waals surface area contributed by atoms with E-state index in [9.17, 15) is 9.59 Å².